The first-order valence-electron chi connectivity index (χ1n) is 14.0. The zero-order valence-corrected chi connectivity index (χ0v) is 24.9. The first-order valence-corrected chi connectivity index (χ1v) is 16.3. The predicted octanol–water partition coefficient (Wildman–Crippen LogP) is 4.55. The molecule has 1 amide bonds. The summed E-state index contributed by atoms with van der Waals surface area (Å²) in [5, 5.41) is 0.607. The highest BCUT2D eigenvalue weighted by Gasteiger charge is 2.27. The maximum atomic E-state index is 13.9. The number of hydrogen-bond donors (Lipinski definition) is 0. The molecule has 2 aliphatic rings. The van der Waals surface area contributed by atoms with E-state index in [-0.39, 0.29) is 10.8 Å². The van der Waals surface area contributed by atoms with E-state index < -0.39 is 10.0 Å². The van der Waals surface area contributed by atoms with Crippen molar-refractivity contribution in [3.63, 3.8) is 0 Å². The summed E-state index contributed by atoms with van der Waals surface area (Å²) in [7, 11) is -1.97. The van der Waals surface area contributed by atoms with Crippen LogP contribution in [-0.4, -0.2) is 88.1 Å². The van der Waals surface area contributed by atoms with Crippen LogP contribution >= 0.6 is 11.3 Å². The normalized spacial score (nSPS) is 17.6. The third kappa shape index (κ3) is 6.33. The number of benzene rings is 2. The number of carbonyl (C=O) groups is 1. The van der Waals surface area contributed by atoms with Gasteiger partial charge in [0.15, 0.2) is 5.13 Å². The van der Waals surface area contributed by atoms with E-state index in [1.807, 2.05) is 19.1 Å². The number of ether oxygens (including phenoxy) is 2. The van der Waals surface area contributed by atoms with E-state index in [1.54, 1.807) is 40.6 Å². The van der Waals surface area contributed by atoms with Crippen LogP contribution in [0.5, 0.6) is 5.75 Å². The van der Waals surface area contributed by atoms with Crippen molar-refractivity contribution in [2.45, 2.75) is 43.9 Å². The Morgan fingerprint density at radius 1 is 1.02 bits per heavy atom. The fraction of sp³-hybridized carbons (Fsp3) is 0.517. The average molecular weight is 587 g/mol. The van der Waals surface area contributed by atoms with Gasteiger partial charge >= 0.3 is 0 Å². The number of rotatable bonds is 9. The first-order chi connectivity index (χ1) is 19.4. The van der Waals surface area contributed by atoms with Gasteiger partial charge in [0.1, 0.15) is 11.3 Å². The zero-order chi connectivity index (χ0) is 28.1. The number of sulfonamides is 1. The van der Waals surface area contributed by atoms with Crippen molar-refractivity contribution in [1.82, 2.24) is 14.2 Å². The van der Waals surface area contributed by atoms with Gasteiger partial charge < -0.3 is 9.47 Å². The molecule has 2 aromatic carbocycles. The molecule has 0 N–H and O–H groups in total. The number of aryl methyl sites for hydroxylation is 1. The third-order valence-electron chi connectivity index (χ3n) is 7.65. The number of carbonyl (C=O) groups excluding carboxylic acids is 1. The van der Waals surface area contributed by atoms with Crippen molar-refractivity contribution in [1.29, 1.82) is 0 Å². The molecule has 0 atom stereocenters. The van der Waals surface area contributed by atoms with Gasteiger partial charge in [-0.1, -0.05) is 30.2 Å². The Balaban J connectivity index is 1.40. The minimum Gasteiger partial charge on any atom is -0.494 e. The zero-order valence-electron chi connectivity index (χ0n) is 23.3. The number of aromatic nitrogens is 1. The number of methoxy groups -OCH3 is 1. The Kier molecular flexibility index (Phi) is 9.37. The van der Waals surface area contributed by atoms with E-state index in [4.69, 9.17) is 14.5 Å². The molecule has 9 nitrogen and oxygen atoms in total. The second-order valence-corrected chi connectivity index (χ2v) is 13.3. The van der Waals surface area contributed by atoms with Gasteiger partial charge in [-0.25, -0.2) is 13.4 Å². The second kappa shape index (κ2) is 12.9. The van der Waals surface area contributed by atoms with Crippen LogP contribution in [-0.2, 0) is 14.8 Å². The molecule has 0 radical (unpaired) electrons. The number of thiazole rings is 1. The van der Waals surface area contributed by atoms with Crippen molar-refractivity contribution in [2.24, 2.45) is 0 Å². The van der Waals surface area contributed by atoms with Crippen molar-refractivity contribution >= 4 is 42.6 Å². The van der Waals surface area contributed by atoms with Crippen LogP contribution in [0.15, 0.2) is 41.3 Å². The Morgan fingerprint density at radius 2 is 1.73 bits per heavy atom. The Hall–Kier alpha value is -2.57. The molecule has 3 heterocycles. The molecule has 0 spiro atoms. The van der Waals surface area contributed by atoms with Gasteiger partial charge in [0.05, 0.1) is 29.9 Å². The van der Waals surface area contributed by atoms with E-state index in [0.29, 0.717) is 36.1 Å². The van der Waals surface area contributed by atoms with E-state index in [1.165, 1.54) is 11.3 Å². The molecule has 11 heteroatoms. The summed E-state index contributed by atoms with van der Waals surface area (Å²) in [6.45, 7) is 7.69. The molecule has 40 heavy (non-hydrogen) atoms. The van der Waals surface area contributed by atoms with Crippen molar-refractivity contribution in [2.75, 3.05) is 64.5 Å². The highest BCUT2D eigenvalue weighted by Crippen LogP contribution is 2.37. The van der Waals surface area contributed by atoms with Gasteiger partial charge in [-0.3, -0.25) is 14.6 Å². The molecule has 216 valence electrons. The molecule has 0 bridgehead atoms. The summed E-state index contributed by atoms with van der Waals surface area (Å²) in [5.41, 5.74) is 2.25. The summed E-state index contributed by atoms with van der Waals surface area (Å²) in [6.07, 6.45) is 4.64. The maximum absolute atomic E-state index is 13.9. The van der Waals surface area contributed by atoms with Crippen LogP contribution in [0.2, 0.25) is 0 Å². The molecule has 2 saturated heterocycles. The Morgan fingerprint density at radius 3 is 2.40 bits per heavy atom. The summed E-state index contributed by atoms with van der Waals surface area (Å²) < 4.78 is 40.1. The van der Waals surface area contributed by atoms with Crippen molar-refractivity contribution in [3.8, 4) is 5.75 Å². The molecule has 2 aliphatic heterocycles. The van der Waals surface area contributed by atoms with Crippen LogP contribution in [0.4, 0.5) is 5.13 Å². The van der Waals surface area contributed by atoms with E-state index in [2.05, 4.69) is 4.90 Å². The monoisotopic (exact) mass is 586 g/mol. The SMILES string of the molecule is COc1ccc(C)c2sc(N(CCCN3CCOCC3)C(=O)c3ccc(S(=O)(=O)N4CCCCCC4)cc3)nc12. The lowest BCUT2D eigenvalue weighted by Gasteiger charge is -2.27. The molecule has 1 aromatic heterocycles. The van der Waals surface area contributed by atoms with Gasteiger partial charge in [0.2, 0.25) is 10.0 Å². The molecular weight excluding hydrogens is 548 g/mol. The molecule has 0 aliphatic carbocycles. The Bertz CT molecular complexity index is 1410. The van der Waals surface area contributed by atoms with Crippen LogP contribution in [0.1, 0.15) is 48.0 Å². The van der Waals surface area contributed by atoms with Gasteiger partial charge in [0, 0.05) is 44.8 Å². The molecule has 0 saturated carbocycles. The summed E-state index contributed by atoms with van der Waals surface area (Å²) in [6, 6.07) is 10.3. The van der Waals surface area contributed by atoms with Gasteiger partial charge in [0.25, 0.3) is 5.91 Å². The average Bonchev–Trinajstić information content (AvgIpc) is 3.23. The van der Waals surface area contributed by atoms with Crippen LogP contribution in [0.3, 0.4) is 0 Å². The Labute approximate surface area is 240 Å². The summed E-state index contributed by atoms with van der Waals surface area (Å²) in [5.74, 6) is 0.475. The lowest BCUT2D eigenvalue weighted by molar-refractivity contribution is 0.0376. The lowest BCUT2D eigenvalue weighted by atomic mass is 10.2. The second-order valence-electron chi connectivity index (χ2n) is 10.4. The summed E-state index contributed by atoms with van der Waals surface area (Å²) >= 11 is 1.48. The number of anilines is 1. The highest BCUT2D eigenvalue weighted by molar-refractivity contribution is 7.89. The predicted molar refractivity (Wildman–Crippen MR) is 158 cm³/mol. The maximum Gasteiger partial charge on any atom is 0.260 e. The quantitative estimate of drug-likeness (QED) is 0.363. The van der Waals surface area contributed by atoms with Crippen LogP contribution in [0, 0.1) is 6.92 Å². The molecule has 3 aromatic rings. The summed E-state index contributed by atoms with van der Waals surface area (Å²) in [4.78, 5) is 23.1. The largest absolute Gasteiger partial charge is 0.494 e. The van der Waals surface area contributed by atoms with Crippen LogP contribution in [0.25, 0.3) is 10.2 Å². The van der Waals surface area contributed by atoms with Gasteiger partial charge in [-0.2, -0.15) is 4.31 Å². The number of morpholine rings is 1. The smallest absolute Gasteiger partial charge is 0.260 e. The lowest BCUT2D eigenvalue weighted by Crippen LogP contribution is -2.39. The first kappa shape index (κ1) is 28.9. The van der Waals surface area contributed by atoms with Gasteiger partial charge in [-0.05, 0) is 62.1 Å². The topological polar surface area (TPSA) is 92.3 Å². The van der Waals surface area contributed by atoms with Crippen molar-refractivity contribution in [3.05, 3.63) is 47.5 Å². The standard InChI is InChI=1S/C29H38N4O5S2/c1-22-8-13-25(37-2)26-27(22)39-29(30-26)33(17-7-14-31-18-20-38-21-19-31)28(34)23-9-11-24(12-10-23)40(35,36)32-15-5-3-4-6-16-32/h8-13H,3-7,14-21H2,1-2H3. The number of amides is 1. The number of hydrogen-bond acceptors (Lipinski definition) is 8. The molecule has 2 fully saturated rings. The van der Waals surface area contributed by atoms with Crippen LogP contribution < -0.4 is 9.64 Å². The fourth-order valence-corrected chi connectivity index (χ4v) is 7.89. The number of nitrogens with zero attached hydrogens (tertiary/aromatic N) is 4. The van der Waals surface area contributed by atoms with Crippen molar-refractivity contribution < 1.29 is 22.7 Å². The van der Waals surface area contributed by atoms with E-state index in [0.717, 1.165) is 80.7 Å². The van der Waals surface area contributed by atoms with Gasteiger partial charge in [-0.15, -0.1) is 0 Å². The molecule has 5 rings (SSSR count). The minimum atomic E-state index is -3.59. The van der Waals surface area contributed by atoms with E-state index >= 15 is 0 Å². The van der Waals surface area contributed by atoms with E-state index in [9.17, 15) is 13.2 Å². The minimum absolute atomic E-state index is 0.198. The number of fused-ring (bicyclic) bond motifs is 1. The fourth-order valence-electron chi connectivity index (χ4n) is 5.30. The third-order valence-corrected chi connectivity index (χ3v) is 10.8. The highest BCUT2D eigenvalue weighted by atomic mass is 32.2. The molecule has 0 unspecified atom stereocenters. The molecular formula is C29H38N4O5S2.